The van der Waals surface area contributed by atoms with Gasteiger partial charge in [0.05, 0.1) is 19.8 Å². The minimum absolute atomic E-state index is 0.193. The number of hydrogen-bond donors (Lipinski definition) is 4. The molecule has 0 unspecified atom stereocenters. The molecule has 0 aromatic carbocycles. The van der Waals surface area contributed by atoms with Gasteiger partial charge < -0.3 is 34.8 Å². The highest BCUT2D eigenvalue weighted by Crippen LogP contribution is 2.22. The summed E-state index contributed by atoms with van der Waals surface area (Å²) < 4.78 is 15.5. The molecule has 1 amide bonds. The number of rotatable bonds is 6. The summed E-state index contributed by atoms with van der Waals surface area (Å²) in [5, 5.41) is 31.2. The average Bonchev–Trinajstić information content (AvgIpc) is 2.37. The number of carbonyl (C=O) groups excluding carboxylic acids is 1. The molecular formula is C11H21NO7. The largest absolute Gasteiger partial charge is 0.394 e. The van der Waals surface area contributed by atoms with Crippen LogP contribution in [0.15, 0.2) is 0 Å². The Morgan fingerprint density at radius 3 is 2.53 bits per heavy atom. The Bertz CT molecular complexity index is 288. The van der Waals surface area contributed by atoms with E-state index >= 15 is 0 Å². The summed E-state index contributed by atoms with van der Waals surface area (Å²) in [4.78, 5) is 11.1. The van der Waals surface area contributed by atoms with E-state index in [-0.39, 0.29) is 12.5 Å². The number of carbonyl (C=O) groups is 1. The fourth-order valence-corrected chi connectivity index (χ4v) is 1.86. The first-order valence-corrected chi connectivity index (χ1v) is 6.01. The van der Waals surface area contributed by atoms with Gasteiger partial charge in [0.25, 0.3) is 0 Å². The maximum absolute atomic E-state index is 11.1. The number of nitrogens with one attached hydrogen (secondary N) is 1. The van der Waals surface area contributed by atoms with Crippen LogP contribution >= 0.6 is 0 Å². The zero-order valence-corrected chi connectivity index (χ0v) is 11.0. The fourth-order valence-electron chi connectivity index (χ4n) is 1.86. The number of amides is 1. The Morgan fingerprint density at radius 2 is 2.00 bits per heavy atom. The lowest BCUT2D eigenvalue weighted by Crippen LogP contribution is -2.64. The summed E-state index contributed by atoms with van der Waals surface area (Å²) in [7, 11) is 1.51. The summed E-state index contributed by atoms with van der Waals surface area (Å²) in [5.41, 5.74) is 0. The van der Waals surface area contributed by atoms with E-state index in [2.05, 4.69) is 5.32 Å². The maximum Gasteiger partial charge on any atom is 0.217 e. The number of methoxy groups -OCH3 is 1. The Morgan fingerprint density at radius 1 is 1.32 bits per heavy atom. The Balaban J connectivity index is 2.71. The molecule has 1 fully saturated rings. The maximum atomic E-state index is 11.1. The summed E-state index contributed by atoms with van der Waals surface area (Å²) >= 11 is 0. The Kier molecular flexibility index (Phi) is 6.63. The second-order valence-corrected chi connectivity index (χ2v) is 4.30. The fraction of sp³-hybridized carbons (Fsp3) is 0.909. The summed E-state index contributed by atoms with van der Waals surface area (Å²) in [6.45, 7) is 1.33. The molecule has 1 rings (SSSR count). The number of aliphatic hydroxyl groups is 3. The van der Waals surface area contributed by atoms with Crippen LogP contribution in [-0.2, 0) is 19.0 Å². The number of hydrogen-bond acceptors (Lipinski definition) is 7. The van der Waals surface area contributed by atoms with E-state index in [0.717, 1.165) is 0 Å². The van der Waals surface area contributed by atoms with Crippen LogP contribution in [0.5, 0.6) is 0 Å². The van der Waals surface area contributed by atoms with Crippen molar-refractivity contribution in [3.63, 3.8) is 0 Å². The number of aliphatic hydroxyl groups excluding tert-OH is 3. The summed E-state index contributed by atoms with van der Waals surface area (Å²) in [6.07, 6.45) is -4.52. The highest BCUT2D eigenvalue weighted by atomic mass is 16.7. The molecule has 0 radical (unpaired) electrons. The molecule has 0 saturated carbocycles. The molecular weight excluding hydrogens is 258 g/mol. The standard InChI is InChI=1S/C11H21NO7/c1-6(14)12-8-10(16)9(15)7(5-13)19-11(8)18-4-3-17-2/h7-11,13,15-16H,3-5H2,1-2H3,(H,12,14)/t7-,8-,9-,10-,11-/m1/s1. The van der Waals surface area contributed by atoms with E-state index < -0.39 is 37.3 Å². The third-order valence-electron chi connectivity index (χ3n) is 2.82. The van der Waals surface area contributed by atoms with E-state index in [4.69, 9.17) is 19.3 Å². The predicted octanol–water partition coefficient (Wildman–Crippen LogP) is -2.41. The monoisotopic (exact) mass is 279 g/mol. The van der Waals surface area contributed by atoms with Gasteiger partial charge in [-0.3, -0.25) is 4.79 Å². The molecule has 1 saturated heterocycles. The smallest absolute Gasteiger partial charge is 0.217 e. The van der Waals surface area contributed by atoms with E-state index in [1.165, 1.54) is 14.0 Å². The minimum Gasteiger partial charge on any atom is -0.394 e. The molecule has 5 atom stereocenters. The lowest BCUT2D eigenvalue weighted by Gasteiger charge is -2.42. The van der Waals surface area contributed by atoms with E-state index in [0.29, 0.717) is 6.61 Å². The van der Waals surface area contributed by atoms with Crippen LogP contribution in [-0.4, -0.2) is 78.8 Å². The summed E-state index contributed by atoms with van der Waals surface area (Å²) in [5.74, 6) is -0.386. The first-order valence-electron chi connectivity index (χ1n) is 6.01. The molecule has 0 spiro atoms. The van der Waals surface area contributed by atoms with Crippen LogP contribution in [0, 0.1) is 0 Å². The lowest BCUT2D eigenvalue weighted by atomic mass is 9.97. The van der Waals surface area contributed by atoms with Crippen LogP contribution in [0.25, 0.3) is 0 Å². The quantitative estimate of drug-likeness (QED) is 0.400. The molecule has 19 heavy (non-hydrogen) atoms. The third kappa shape index (κ3) is 4.37. The Hall–Kier alpha value is -0.770. The molecule has 0 aliphatic carbocycles. The molecule has 8 nitrogen and oxygen atoms in total. The van der Waals surface area contributed by atoms with Gasteiger partial charge in [-0.2, -0.15) is 0 Å². The van der Waals surface area contributed by atoms with Gasteiger partial charge in [-0.1, -0.05) is 0 Å². The van der Waals surface area contributed by atoms with E-state index in [9.17, 15) is 15.0 Å². The minimum atomic E-state index is -1.30. The van der Waals surface area contributed by atoms with Crippen LogP contribution in [0.1, 0.15) is 6.92 Å². The normalized spacial score (nSPS) is 35.1. The molecule has 112 valence electrons. The van der Waals surface area contributed by atoms with Crippen LogP contribution in [0.3, 0.4) is 0 Å². The first kappa shape index (κ1) is 16.3. The van der Waals surface area contributed by atoms with Crippen molar-refractivity contribution in [2.24, 2.45) is 0 Å². The van der Waals surface area contributed by atoms with Crippen molar-refractivity contribution in [1.82, 2.24) is 5.32 Å². The molecule has 0 aromatic rings. The molecule has 0 aromatic heterocycles. The van der Waals surface area contributed by atoms with Gasteiger partial charge in [-0.15, -0.1) is 0 Å². The van der Waals surface area contributed by atoms with Gasteiger partial charge in [-0.25, -0.2) is 0 Å². The predicted molar refractivity (Wildman–Crippen MR) is 63.2 cm³/mol. The first-order chi connectivity index (χ1) is 9.01. The topological polar surface area (TPSA) is 117 Å². The van der Waals surface area contributed by atoms with Crippen molar-refractivity contribution in [2.45, 2.75) is 37.6 Å². The number of ether oxygens (including phenoxy) is 3. The average molecular weight is 279 g/mol. The van der Waals surface area contributed by atoms with E-state index in [1.54, 1.807) is 0 Å². The summed E-state index contributed by atoms with van der Waals surface area (Å²) in [6, 6.07) is -0.910. The van der Waals surface area contributed by atoms with Gasteiger partial charge in [0, 0.05) is 14.0 Å². The zero-order valence-electron chi connectivity index (χ0n) is 11.0. The van der Waals surface area contributed by atoms with Gasteiger partial charge in [0.1, 0.15) is 24.4 Å². The molecule has 4 N–H and O–H groups in total. The van der Waals surface area contributed by atoms with Crippen molar-refractivity contribution < 1.29 is 34.3 Å². The van der Waals surface area contributed by atoms with Crippen molar-refractivity contribution in [2.75, 3.05) is 26.9 Å². The second kappa shape index (κ2) is 7.73. The van der Waals surface area contributed by atoms with Crippen molar-refractivity contribution in [3.05, 3.63) is 0 Å². The zero-order chi connectivity index (χ0) is 14.4. The molecule has 8 heteroatoms. The van der Waals surface area contributed by atoms with E-state index in [1.807, 2.05) is 0 Å². The lowest BCUT2D eigenvalue weighted by molar-refractivity contribution is -0.271. The highest BCUT2D eigenvalue weighted by Gasteiger charge is 2.45. The molecule has 1 heterocycles. The van der Waals surface area contributed by atoms with Gasteiger partial charge in [0.2, 0.25) is 5.91 Å². The molecule has 0 bridgehead atoms. The second-order valence-electron chi connectivity index (χ2n) is 4.30. The van der Waals surface area contributed by atoms with Gasteiger partial charge >= 0.3 is 0 Å². The molecule has 1 aliphatic rings. The van der Waals surface area contributed by atoms with Crippen molar-refractivity contribution in [1.29, 1.82) is 0 Å². The molecule has 1 aliphatic heterocycles. The third-order valence-corrected chi connectivity index (χ3v) is 2.82. The Labute approximate surface area is 111 Å². The van der Waals surface area contributed by atoms with Crippen LogP contribution in [0.4, 0.5) is 0 Å². The SMILES string of the molecule is COCCO[C@@H]1O[C@H](CO)[C@@H](O)[C@H](O)[C@H]1NC(C)=O. The highest BCUT2D eigenvalue weighted by molar-refractivity contribution is 5.73. The van der Waals surface area contributed by atoms with Crippen LogP contribution in [0.2, 0.25) is 0 Å². The van der Waals surface area contributed by atoms with Crippen molar-refractivity contribution in [3.8, 4) is 0 Å². The van der Waals surface area contributed by atoms with Crippen LogP contribution < -0.4 is 5.32 Å². The van der Waals surface area contributed by atoms with Crippen molar-refractivity contribution >= 4 is 5.91 Å². The van der Waals surface area contributed by atoms with Gasteiger partial charge in [-0.05, 0) is 0 Å². The van der Waals surface area contributed by atoms with Gasteiger partial charge in [0.15, 0.2) is 6.29 Å².